The molecule has 0 heterocycles. The number of hydrogen-bond donors (Lipinski definition) is 0. The van der Waals surface area contributed by atoms with Crippen molar-refractivity contribution in [3.8, 4) is 11.8 Å². The molecule has 0 saturated heterocycles. The lowest BCUT2D eigenvalue weighted by Gasteiger charge is -2.11. The van der Waals surface area contributed by atoms with Crippen LogP contribution in [0.5, 0.6) is 5.75 Å². The maximum absolute atomic E-state index is 8.90. The van der Waals surface area contributed by atoms with Crippen LogP contribution in [-0.4, -0.2) is 0 Å². The van der Waals surface area contributed by atoms with Gasteiger partial charge in [0.05, 0.1) is 12.1 Å². The molecule has 0 spiro atoms. The highest BCUT2D eigenvalue weighted by Crippen LogP contribution is 2.23. The minimum atomic E-state index is 0.574. The monoisotopic (exact) mass is 249 g/mol. The van der Waals surface area contributed by atoms with Gasteiger partial charge in [-0.1, -0.05) is 42.0 Å². The van der Waals surface area contributed by atoms with Crippen LogP contribution in [0.25, 0.3) is 5.76 Å². The van der Waals surface area contributed by atoms with E-state index in [9.17, 15) is 0 Å². The fraction of sp³-hybridized carbons (Fsp3) is 0.118. The molecule has 94 valence electrons. The molecule has 2 nitrogen and oxygen atoms in total. The first kappa shape index (κ1) is 12.9. The van der Waals surface area contributed by atoms with Crippen LogP contribution in [0.3, 0.4) is 0 Å². The van der Waals surface area contributed by atoms with Gasteiger partial charge in [0, 0.05) is 5.56 Å². The van der Waals surface area contributed by atoms with E-state index < -0.39 is 0 Å². The van der Waals surface area contributed by atoms with Gasteiger partial charge in [-0.2, -0.15) is 5.26 Å². The minimum Gasteiger partial charge on any atom is -0.456 e. The lowest BCUT2D eigenvalue weighted by Crippen LogP contribution is -1.97. The highest BCUT2D eigenvalue weighted by atomic mass is 16.5. The number of hydrogen-bond acceptors (Lipinski definition) is 2. The topological polar surface area (TPSA) is 33.0 Å². The van der Waals surface area contributed by atoms with Crippen LogP contribution in [0.2, 0.25) is 0 Å². The van der Waals surface area contributed by atoms with Crippen molar-refractivity contribution in [2.24, 2.45) is 0 Å². The Kier molecular flexibility index (Phi) is 4.00. The molecule has 19 heavy (non-hydrogen) atoms. The zero-order valence-electron chi connectivity index (χ0n) is 11.1. The summed E-state index contributed by atoms with van der Waals surface area (Å²) in [6.45, 7) is 4.02. The molecule has 0 bridgehead atoms. The first-order chi connectivity index (χ1) is 9.20. The van der Waals surface area contributed by atoms with E-state index in [1.54, 1.807) is 0 Å². The van der Waals surface area contributed by atoms with Crippen molar-refractivity contribution >= 4 is 5.76 Å². The number of rotatable bonds is 3. The summed E-state index contributed by atoms with van der Waals surface area (Å²) in [5.41, 5.74) is 3.19. The van der Waals surface area contributed by atoms with Gasteiger partial charge in [0.15, 0.2) is 0 Å². The summed E-state index contributed by atoms with van der Waals surface area (Å²) in [5, 5.41) is 8.90. The van der Waals surface area contributed by atoms with Gasteiger partial charge < -0.3 is 4.74 Å². The maximum Gasteiger partial charge on any atom is 0.145 e. The number of ether oxygens (including phenoxy) is 1. The zero-order valence-corrected chi connectivity index (χ0v) is 11.1. The number of benzene rings is 2. The summed E-state index contributed by atoms with van der Waals surface area (Å²) in [6.07, 6.45) is 1.43. The average Bonchev–Trinajstić information content (AvgIpc) is 2.41. The van der Waals surface area contributed by atoms with E-state index in [0.717, 1.165) is 16.9 Å². The molecule has 2 aromatic carbocycles. The normalized spacial score (nSPS) is 10.9. The Labute approximate surface area is 113 Å². The van der Waals surface area contributed by atoms with Gasteiger partial charge in [-0.3, -0.25) is 0 Å². The first-order valence-electron chi connectivity index (χ1n) is 6.11. The second kappa shape index (κ2) is 5.88. The molecule has 0 unspecified atom stereocenters. The van der Waals surface area contributed by atoms with E-state index in [1.807, 2.05) is 68.4 Å². The molecule has 2 aromatic rings. The van der Waals surface area contributed by atoms with Gasteiger partial charge in [0.25, 0.3) is 0 Å². The Bertz CT molecular complexity index is 633. The third kappa shape index (κ3) is 3.23. The molecule has 0 aliphatic heterocycles. The molecule has 2 heteroatoms. The smallest absolute Gasteiger partial charge is 0.145 e. The van der Waals surface area contributed by atoms with Crippen LogP contribution in [0.4, 0.5) is 0 Å². The van der Waals surface area contributed by atoms with Crippen LogP contribution < -0.4 is 4.74 Å². The van der Waals surface area contributed by atoms with Gasteiger partial charge in [0.1, 0.15) is 11.5 Å². The van der Waals surface area contributed by atoms with E-state index in [0.29, 0.717) is 5.76 Å². The predicted octanol–water partition coefficient (Wildman–Crippen LogP) is 4.25. The molecule has 0 atom stereocenters. The summed E-state index contributed by atoms with van der Waals surface area (Å²) >= 11 is 0. The third-order valence-corrected chi connectivity index (χ3v) is 2.85. The van der Waals surface area contributed by atoms with E-state index in [-0.39, 0.29) is 0 Å². The van der Waals surface area contributed by atoms with Crippen molar-refractivity contribution < 1.29 is 4.74 Å². The summed E-state index contributed by atoms with van der Waals surface area (Å²) < 4.78 is 5.82. The Balaban J connectivity index is 2.33. The quantitative estimate of drug-likeness (QED) is 0.602. The Morgan fingerprint density at radius 1 is 1.05 bits per heavy atom. The Hall–Kier alpha value is -2.53. The van der Waals surface area contributed by atoms with Crippen molar-refractivity contribution in [2.75, 3.05) is 0 Å². The third-order valence-electron chi connectivity index (χ3n) is 2.85. The lowest BCUT2D eigenvalue weighted by molar-refractivity contribution is 0.514. The molecule has 0 N–H and O–H groups in total. The van der Waals surface area contributed by atoms with Crippen molar-refractivity contribution in [1.29, 1.82) is 5.26 Å². The zero-order chi connectivity index (χ0) is 13.7. The molecule has 0 aliphatic rings. The van der Waals surface area contributed by atoms with E-state index in [1.165, 1.54) is 11.6 Å². The molecule has 0 saturated carbocycles. The SMILES string of the molecule is Cc1ccc(O/C(=C\C#N)c2ccccc2C)cc1. The first-order valence-corrected chi connectivity index (χ1v) is 6.11. The number of nitriles is 1. The van der Waals surface area contributed by atoms with Crippen LogP contribution >= 0.6 is 0 Å². The van der Waals surface area contributed by atoms with E-state index in [2.05, 4.69) is 0 Å². The molecule has 0 amide bonds. The lowest BCUT2D eigenvalue weighted by atomic mass is 10.1. The average molecular weight is 249 g/mol. The highest BCUT2D eigenvalue weighted by molar-refractivity contribution is 5.66. The minimum absolute atomic E-state index is 0.574. The maximum atomic E-state index is 8.90. The molecule has 0 radical (unpaired) electrons. The second-order valence-electron chi connectivity index (χ2n) is 4.37. The summed E-state index contributed by atoms with van der Waals surface area (Å²) in [6, 6.07) is 17.7. The van der Waals surface area contributed by atoms with Gasteiger partial charge in [-0.05, 0) is 31.5 Å². The summed E-state index contributed by atoms with van der Waals surface area (Å²) in [7, 11) is 0. The summed E-state index contributed by atoms with van der Waals surface area (Å²) in [4.78, 5) is 0. The molecular formula is C17H15NO. The van der Waals surface area contributed by atoms with Gasteiger partial charge in [0.2, 0.25) is 0 Å². The van der Waals surface area contributed by atoms with Crippen LogP contribution in [0, 0.1) is 25.2 Å². The van der Waals surface area contributed by atoms with Gasteiger partial charge in [-0.25, -0.2) is 0 Å². The van der Waals surface area contributed by atoms with Crippen molar-refractivity contribution in [2.45, 2.75) is 13.8 Å². The van der Waals surface area contributed by atoms with Crippen LogP contribution in [-0.2, 0) is 0 Å². The van der Waals surface area contributed by atoms with Crippen LogP contribution in [0.1, 0.15) is 16.7 Å². The highest BCUT2D eigenvalue weighted by Gasteiger charge is 2.07. The van der Waals surface area contributed by atoms with Gasteiger partial charge >= 0.3 is 0 Å². The molecular weight excluding hydrogens is 234 g/mol. The van der Waals surface area contributed by atoms with E-state index in [4.69, 9.17) is 10.00 Å². The summed E-state index contributed by atoms with van der Waals surface area (Å²) in [5.74, 6) is 1.31. The molecule has 0 aromatic heterocycles. The van der Waals surface area contributed by atoms with Gasteiger partial charge in [-0.15, -0.1) is 0 Å². The van der Waals surface area contributed by atoms with Crippen molar-refractivity contribution in [3.63, 3.8) is 0 Å². The fourth-order valence-corrected chi connectivity index (χ4v) is 1.80. The Morgan fingerprint density at radius 3 is 2.37 bits per heavy atom. The molecule has 0 fully saturated rings. The standard InChI is InChI=1S/C17H15NO/c1-13-7-9-15(10-8-13)19-17(11-12-18)16-6-4-3-5-14(16)2/h3-11H,1-2H3/b17-11-. The second-order valence-corrected chi connectivity index (χ2v) is 4.37. The fourth-order valence-electron chi connectivity index (χ4n) is 1.80. The number of allylic oxidation sites excluding steroid dienone is 1. The largest absolute Gasteiger partial charge is 0.456 e. The van der Waals surface area contributed by atoms with Crippen molar-refractivity contribution in [1.82, 2.24) is 0 Å². The predicted molar refractivity (Wildman–Crippen MR) is 76.6 cm³/mol. The Morgan fingerprint density at radius 2 is 1.74 bits per heavy atom. The molecule has 0 aliphatic carbocycles. The van der Waals surface area contributed by atoms with Crippen LogP contribution in [0.15, 0.2) is 54.6 Å². The van der Waals surface area contributed by atoms with Crippen molar-refractivity contribution in [3.05, 3.63) is 71.3 Å². The van der Waals surface area contributed by atoms with E-state index >= 15 is 0 Å². The number of aryl methyl sites for hydroxylation is 2. The number of nitrogens with zero attached hydrogens (tertiary/aromatic N) is 1. The molecule has 2 rings (SSSR count).